The van der Waals surface area contributed by atoms with Crippen molar-refractivity contribution in [3.05, 3.63) is 54.2 Å². The molecular formula is C30H38N2O3S2. The van der Waals surface area contributed by atoms with Crippen molar-refractivity contribution in [3.8, 4) is 5.75 Å². The fourth-order valence-corrected chi connectivity index (χ4v) is 8.06. The van der Waals surface area contributed by atoms with Crippen molar-refractivity contribution in [2.75, 3.05) is 11.8 Å². The molecule has 1 aromatic heterocycles. The minimum atomic E-state index is -2.89. The molecule has 37 heavy (non-hydrogen) atoms. The number of carbonyl (C=O) groups is 1. The summed E-state index contributed by atoms with van der Waals surface area (Å²) >= 11 is 5.51. The number of carbonyl (C=O) groups excluding carboxylic acids is 1. The van der Waals surface area contributed by atoms with E-state index in [1.54, 1.807) is 31.4 Å². The predicted molar refractivity (Wildman–Crippen MR) is 154 cm³/mol. The lowest BCUT2D eigenvalue weighted by atomic mass is 9.78. The van der Waals surface area contributed by atoms with E-state index in [0.717, 1.165) is 62.6 Å². The number of ketones is 1. The Bertz CT molecular complexity index is 1360. The molecule has 3 unspecified atom stereocenters. The highest BCUT2D eigenvalue weighted by Crippen LogP contribution is 2.40. The Morgan fingerprint density at radius 1 is 0.946 bits per heavy atom. The second kappa shape index (κ2) is 11.2. The van der Waals surface area contributed by atoms with Crippen molar-refractivity contribution in [3.63, 3.8) is 0 Å². The molecule has 1 heterocycles. The van der Waals surface area contributed by atoms with Gasteiger partial charge in [0.1, 0.15) is 20.2 Å². The van der Waals surface area contributed by atoms with Gasteiger partial charge in [-0.15, -0.1) is 0 Å². The Balaban J connectivity index is 1.37. The Hall–Kier alpha value is -2.38. The third kappa shape index (κ3) is 5.73. The molecule has 3 atom stereocenters. The summed E-state index contributed by atoms with van der Waals surface area (Å²) in [5.74, 6) is 2.21. The summed E-state index contributed by atoms with van der Waals surface area (Å²) in [6.45, 7) is 0. The highest BCUT2D eigenvalue weighted by molar-refractivity contribution is 8.33. The van der Waals surface area contributed by atoms with Crippen molar-refractivity contribution in [2.24, 2.45) is 18.9 Å². The number of aryl methyl sites for hydroxylation is 1. The molecule has 0 amide bonds. The van der Waals surface area contributed by atoms with Gasteiger partial charge in [-0.05, 0) is 92.5 Å². The molecule has 2 saturated carbocycles. The van der Waals surface area contributed by atoms with Gasteiger partial charge in [-0.3, -0.25) is 4.79 Å². The van der Waals surface area contributed by atoms with Crippen LogP contribution >= 0.6 is 0 Å². The fourth-order valence-electron chi connectivity index (χ4n) is 6.39. The number of ether oxygens (including phenoxy) is 1. The van der Waals surface area contributed by atoms with Crippen molar-refractivity contribution in [2.45, 2.75) is 75.0 Å². The first-order valence-corrected chi connectivity index (χ1v) is 16.1. The summed E-state index contributed by atoms with van der Waals surface area (Å²) in [5.41, 5.74) is 3.24. The van der Waals surface area contributed by atoms with Crippen LogP contribution in [0.25, 0.3) is 10.9 Å². The van der Waals surface area contributed by atoms with Crippen LogP contribution in [0, 0.1) is 11.8 Å². The van der Waals surface area contributed by atoms with Gasteiger partial charge in [-0.2, -0.15) is 0 Å². The largest absolute Gasteiger partial charge is 0.497 e. The van der Waals surface area contributed by atoms with Gasteiger partial charge in [0.2, 0.25) is 0 Å². The number of fused-ring (bicyclic) bond motifs is 1. The van der Waals surface area contributed by atoms with Gasteiger partial charge in [0, 0.05) is 52.9 Å². The molecule has 2 aliphatic rings. The van der Waals surface area contributed by atoms with Crippen LogP contribution in [-0.2, 0) is 31.7 Å². The van der Waals surface area contributed by atoms with E-state index in [2.05, 4.69) is 34.7 Å². The number of benzene rings is 2. The lowest BCUT2D eigenvalue weighted by Crippen LogP contribution is -2.23. The molecule has 5 nitrogen and oxygen atoms in total. The normalized spacial score (nSPS) is 22.8. The van der Waals surface area contributed by atoms with Crippen LogP contribution < -0.4 is 9.46 Å². The number of aromatic nitrogens is 1. The zero-order valence-corrected chi connectivity index (χ0v) is 23.5. The molecule has 2 fully saturated rings. The van der Waals surface area contributed by atoms with E-state index in [1.165, 1.54) is 23.8 Å². The van der Waals surface area contributed by atoms with Crippen molar-refractivity contribution in [1.82, 2.24) is 4.57 Å². The van der Waals surface area contributed by atoms with E-state index >= 15 is 0 Å². The summed E-state index contributed by atoms with van der Waals surface area (Å²) in [4.78, 5) is 13.8. The number of hydrogen-bond acceptors (Lipinski definition) is 4. The zero-order valence-electron chi connectivity index (χ0n) is 21.9. The molecule has 3 aromatic rings. The van der Waals surface area contributed by atoms with Gasteiger partial charge < -0.3 is 14.0 Å². The molecule has 7 heteroatoms. The number of hydrogen-bond donors (Lipinski definition) is 1. The second-order valence-corrected chi connectivity index (χ2v) is 13.9. The van der Waals surface area contributed by atoms with E-state index in [-0.39, 0.29) is 5.92 Å². The van der Waals surface area contributed by atoms with Crippen LogP contribution in [0.4, 0.5) is 5.69 Å². The SMILES string of the molecule is COc1ccc(S(=O)(=S)Nc2ccc3c(c2)c(C2CCCCC(C(=O)C4CCCC4)CC2)cn3C)cc1. The number of anilines is 1. The van der Waals surface area contributed by atoms with Crippen molar-refractivity contribution >= 4 is 42.2 Å². The maximum atomic E-state index is 13.4. The molecule has 1 N–H and O–H groups in total. The Labute approximate surface area is 225 Å². The first-order chi connectivity index (χ1) is 17.9. The second-order valence-electron chi connectivity index (χ2n) is 10.8. The first-order valence-electron chi connectivity index (χ1n) is 13.7. The molecule has 0 radical (unpaired) electrons. The van der Waals surface area contributed by atoms with Crippen LogP contribution in [0.2, 0.25) is 0 Å². The van der Waals surface area contributed by atoms with Crippen LogP contribution in [-0.4, -0.2) is 21.7 Å². The minimum Gasteiger partial charge on any atom is -0.497 e. The monoisotopic (exact) mass is 538 g/mol. The first kappa shape index (κ1) is 26.2. The number of rotatable bonds is 7. The van der Waals surface area contributed by atoms with E-state index < -0.39 is 8.68 Å². The number of nitrogens with zero attached hydrogens (tertiary/aromatic N) is 1. The third-order valence-corrected chi connectivity index (χ3v) is 10.7. The van der Waals surface area contributed by atoms with Gasteiger partial charge in [0.05, 0.1) is 12.0 Å². The smallest absolute Gasteiger partial charge is 0.140 e. The maximum absolute atomic E-state index is 13.4. The molecule has 198 valence electrons. The van der Waals surface area contributed by atoms with Crippen LogP contribution in [0.3, 0.4) is 0 Å². The summed E-state index contributed by atoms with van der Waals surface area (Å²) in [6, 6.07) is 13.2. The van der Waals surface area contributed by atoms with Crippen LogP contribution in [0.15, 0.2) is 53.6 Å². The van der Waals surface area contributed by atoms with Crippen LogP contribution in [0.1, 0.15) is 75.7 Å². The van der Waals surface area contributed by atoms with E-state index in [0.29, 0.717) is 28.3 Å². The standard InChI is InChI=1S/C30H38N2O3S2/c1-32-20-28(21-7-3-4-10-23(12-11-21)30(33)22-8-5-6-9-22)27-19-24(13-18-29(27)32)31-37(34,36)26-16-14-25(35-2)15-17-26/h13-23,31H,3-12H2,1-2H3. The van der Waals surface area contributed by atoms with Gasteiger partial charge >= 0.3 is 0 Å². The molecule has 0 aliphatic heterocycles. The van der Waals surface area contributed by atoms with Gasteiger partial charge in [-0.25, -0.2) is 4.21 Å². The number of methoxy groups -OCH3 is 1. The van der Waals surface area contributed by atoms with Gasteiger partial charge in [-0.1, -0.05) is 25.7 Å². The predicted octanol–water partition coefficient (Wildman–Crippen LogP) is 7.13. The molecule has 0 bridgehead atoms. The Morgan fingerprint density at radius 2 is 1.59 bits per heavy atom. The molecule has 5 rings (SSSR count). The van der Waals surface area contributed by atoms with E-state index in [1.807, 2.05) is 6.07 Å². The number of Topliss-reactive ketones (excluding diaryl/α,β-unsaturated/α-hetero) is 1. The Morgan fingerprint density at radius 3 is 2.27 bits per heavy atom. The lowest BCUT2D eigenvalue weighted by molar-refractivity contribution is -0.127. The molecular weight excluding hydrogens is 500 g/mol. The minimum absolute atomic E-state index is 0.229. The number of nitrogens with one attached hydrogen (secondary N) is 1. The summed E-state index contributed by atoms with van der Waals surface area (Å²) < 4.78 is 23.9. The third-order valence-electron chi connectivity index (χ3n) is 8.46. The molecule has 0 saturated heterocycles. The summed E-state index contributed by atoms with van der Waals surface area (Å²) in [5, 5.41) is 1.18. The molecule has 2 aliphatic carbocycles. The quantitative estimate of drug-likeness (QED) is 0.348. The lowest BCUT2D eigenvalue weighted by Gasteiger charge is -2.26. The molecule has 2 aromatic carbocycles. The van der Waals surface area contributed by atoms with E-state index in [9.17, 15) is 9.00 Å². The average Bonchev–Trinajstić information content (AvgIpc) is 3.52. The van der Waals surface area contributed by atoms with Gasteiger partial charge in [0.15, 0.2) is 0 Å². The highest BCUT2D eigenvalue weighted by atomic mass is 32.8. The highest BCUT2D eigenvalue weighted by Gasteiger charge is 2.31. The topological polar surface area (TPSA) is 60.3 Å². The Kier molecular flexibility index (Phi) is 7.91. The van der Waals surface area contributed by atoms with E-state index in [4.69, 9.17) is 15.9 Å². The zero-order chi connectivity index (χ0) is 26.0. The van der Waals surface area contributed by atoms with Crippen molar-refractivity contribution < 1.29 is 13.7 Å². The van der Waals surface area contributed by atoms with Crippen molar-refractivity contribution in [1.29, 1.82) is 0 Å². The summed E-state index contributed by atoms with van der Waals surface area (Å²) in [7, 11) is 0.801. The van der Waals surface area contributed by atoms with Crippen LogP contribution in [0.5, 0.6) is 5.75 Å². The molecule has 0 spiro atoms. The average molecular weight is 539 g/mol. The van der Waals surface area contributed by atoms with Gasteiger partial charge in [0.25, 0.3) is 0 Å². The summed E-state index contributed by atoms with van der Waals surface area (Å²) in [6.07, 6.45) is 13.4. The maximum Gasteiger partial charge on any atom is 0.140 e. The fraction of sp³-hybridized carbons (Fsp3) is 0.500.